The number of fused-ring (bicyclic) bond motifs is 1. The number of benzene rings is 1. The van der Waals surface area contributed by atoms with Crippen LogP contribution in [-0.2, 0) is 6.54 Å². The number of halogens is 1. The second-order valence-electron chi connectivity index (χ2n) is 8.27. The lowest BCUT2D eigenvalue weighted by molar-refractivity contribution is 0.0715. The van der Waals surface area contributed by atoms with Gasteiger partial charge in [-0.1, -0.05) is 42.6 Å². The minimum Gasteiger partial charge on any atom is -0.331 e. The van der Waals surface area contributed by atoms with Gasteiger partial charge in [-0.2, -0.15) is 0 Å². The number of carbonyl (C=O) groups is 1. The topological polar surface area (TPSA) is 51.0 Å². The third kappa shape index (κ3) is 4.37. The molecular weight excluding hydrogens is 428 g/mol. The lowest BCUT2D eigenvalue weighted by Gasteiger charge is -2.26. The van der Waals surface area contributed by atoms with Gasteiger partial charge in [-0.15, -0.1) is 0 Å². The van der Waals surface area contributed by atoms with Gasteiger partial charge >= 0.3 is 0 Å². The molecule has 3 aromatic rings. The highest BCUT2D eigenvalue weighted by molar-refractivity contribution is 9.10. The molecule has 0 unspecified atom stereocenters. The van der Waals surface area contributed by atoms with E-state index in [-0.39, 0.29) is 5.91 Å². The molecule has 4 rings (SSSR count). The maximum Gasteiger partial charge on any atom is 0.254 e. The lowest BCUT2D eigenvalue weighted by atomic mass is 10.1. The summed E-state index contributed by atoms with van der Waals surface area (Å²) in [5, 5.41) is 0. The van der Waals surface area contributed by atoms with E-state index in [9.17, 15) is 4.79 Å². The van der Waals surface area contributed by atoms with Crippen molar-refractivity contribution in [2.24, 2.45) is 5.92 Å². The Morgan fingerprint density at radius 3 is 2.62 bits per heavy atom. The number of rotatable bonds is 6. The summed E-state index contributed by atoms with van der Waals surface area (Å²) in [5.74, 6) is 1.36. The van der Waals surface area contributed by atoms with Crippen molar-refractivity contribution in [3.8, 4) is 0 Å². The molecule has 1 saturated carbocycles. The van der Waals surface area contributed by atoms with Gasteiger partial charge in [0.2, 0.25) is 0 Å². The minimum atomic E-state index is 0.0455. The largest absolute Gasteiger partial charge is 0.331 e. The number of hydrogen-bond acceptors (Lipinski definition) is 3. The Morgan fingerprint density at radius 2 is 1.93 bits per heavy atom. The summed E-state index contributed by atoms with van der Waals surface area (Å²) in [5.41, 5.74) is 2.56. The Hall–Kier alpha value is -2.21. The zero-order chi connectivity index (χ0) is 20.4. The molecule has 0 atom stereocenters. The van der Waals surface area contributed by atoms with Crippen molar-refractivity contribution >= 4 is 33.0 Å². The first-order chi connectivity index (χ1) is 14.0. The predicted molar refractivity (Wildman–Crippen MR) is 119 cm³/mol. The molecule has 1 aromatic carbocycles. The molecule has 2 heterocycles. The van der Waals surface area contributed by atoms with Crippen molar-refractivity contribution in [1.29, 1.82) is 0 Å². The third-order valence-corrected chi connectivity index (χ3v) is 6.04. The summed E-state index contributed by atoms with van der Waals surface area (Å²) in [6.07, 6.45) is 6.62. The molecule has 29 heavy (non-hydrogen) atoms. The smallest absolute Gasteiger partial charge is 0.254 e. The average molecular weight is 455 g/mol. The van der Waals surface area contributed by atoms with Crippen LogP contribution in [0.2, 0.25) is 0 Å². The van der Waals surface area contributed by atoms with E-state index in [1.54, 1.807) is 0 Å². The summed E-state index contributed by atoms with van der Waals surface area (Å²) >= 11 is 3.45. The van der Waals surface area contributed by atoms with E-state index >= 15 is 0 Å². The molecule has 1 aliphatic rings. The summed E-state index contributed by atoms with van der Waals surface area (Å²) in [6, 6.07) is 11.9. The van der Waals surface area contributed by atoms with Crippen molar-refractivity contribution in [1.82, 2.24) is 19.4 Å². The van der Waals surface area contributed by atoms with Gasteiger partial charge in [-0.3, -0.25) is 4.79 Å². The summed E-state index contributed by atoms with van der Waals surface area (Å²) < 4.78 is 3.27. The first-order valence-corrected chi connectivity index (χ1v) is 11.2. The lowest BCUT2D eigenvalue weighted by Crippen LogP contribution is -2.35. The van der Waals surface area contributed by atoms with Crippen molar-refractivity contribution in [3.05, 3.63) is 58.5 Å². The molecule has 1 amide bonds. The van der Waals surface area contributed by atoms with Crippen molar-refractivity contribution in [2.75, 3.05) is 6.54 Å². The fraction of sp³-hybridized carbons (Fsp3) is 0.435. The Kier molecular flexibility index (Phi) is 5.99. The second kappa shape index (κ2) is 8.66. The van der Waals surface area contributed by atoms with Crippen LogP contribution < -0.4 is 0 Å². The molecule has 1 fully saturated rings. The number of amides is 1. The molecule has 6 heteroatoms. The SMILES string of the molecule is CC(C)CN(Cc1nc2cccnc2n1C1CCCC1)C(=O)c1ccc(Br)cc1. The van der Waals surface area contributed by atoms with Crippen molar-refractivity contribution in [2.45, 2.75) is 52.1 Å². The molecule has 0 N–H and O–H groups in total. The Morgan fingerprint density at radius 1 is 1.21 bits per heavy atom. The average Bonchev–Trinajstić information content (AvgIpc) is 3.34. The highest BCUT2D eigenvalue weighted by Crippen LogP contribution is 2.33. The number of carbonyl (C=O) groups excluding carboxylic acids is 1. The summed E-state index contributed by atoms with van der Waals surface area (Å²) in [4.78, 5) is 24.7. The van der Waals surface area contributed by atoms with Crippen LogP contribution in [0, 0.1) is 5.92 Å². The van der Waals surface area contributed by atoms with E-state index in [0.29, 0.717) is 30.6 Å². The van der Waals surface area contributed by atoms with Crippen LogP contribution in [0.1, 0.15) is 61.8 Å². The molecule has 152 valence electrons. The van der Waals surface area contributed by atoms with E-state index in [1.807, 2.05) is 47.5 Å². The molecule has 2 aromatic heterocycles. The molecule has 1 aliphatic carbocycles. The van der Waals surface area contributed by atoms with Crippen LogP contribution in [0.25, 0.3) is 11.2 Å². The summed E-state index contributed by atoms with van der Waals surface area (Å²) in [7, 11) is 0. The predicted octanol–water partition coefficient (Wildman–Crippen LogP) is 5.61. The van der Waals surface area contributed by atoms with Gasteiger partial charge in [0.1, 0.15) is 11.3 Å². The van der Waals surface area contributed by atoms with Crippen LogP contribution in [0.3, 0.4) is 0 Å². The van der Waals surface area contributed by atoms with Gasteiger partial charge in [-0.25, -0.2) is 9.97 Å². The van der Waals surface area contributed by atoms with Crippen molar-refractivity contribution < 1.29 is 4.79 Å². The third-order valence-electron chi connectivity index (χ3n) is 5.51. The number of hydrogen-bond donors (Lipinski definition) is 0. The van der Waals surface area contributed by atoms with Gasteiger partial charge in [0, 0.05) is 28.8 Å². The maximum atomic E-state index is 13.3. The second-order valence-corrected chi connectivity index (χ2v) is 9.18. The van der Waals surface area contributed by atoms with E-state index < -0.39 is 0 Å². The zero-order valence-corrected chi connectivity index (χ0v) is 18.6. The Bertz CT molecular complexity index is 990. The van der Waals surface area contributed by atoms with E-state index in [2.05, 4.69) is 39.3 Å². The van der Waals surface area contributed by atoms with Gasteiger partial charge < -0.3 is 9.47 Å². The van der Waals surface area contributed by atoms with Gasteiger partial charge in [-0.05, 0) is 55.2 Å². The molecule has 5 nitrogen and oxygen atoms in total. The fourth-order valence-corrected chi connectivity index (χ4v) is 4.50. The highest BCUT2D eigenvalue weighted by atomic mass is 79.9. The van der Waals surface area contributed by atoms with Crippen LogP contribution in [0.15, 0.2) is 47.1 Å². The molecule has 0 aliphatic heterocycles. The molecule has 0 spiro atoms. The quantitative estimate of drug-likeness (QED) is 0.486. The zero-order valence-electron chi connectivity index (χ0n) is 17.0. The van der Waals surface area contributed by atoms with Crippen LogP contribution in [0.4, 0.5) is 0 Å². The first kappa shape index (κ1) is 20.1. The molecule has 0 saturated heterocycles. The van der Waals surface area contributed by atoms with Crippen molar-refractivity contribution in [3.63, 3.8) is 0 Å². The number of nitrogens with zero attached hydrogens (tertiary/aromatic N) is 4. The van der Waals surface area contributed by atoms with E-state index in [1.165, 1.54) is 12.8 Å². The fourth-order valence-electron chi connectivity index (χ4n) is 4.24. The highest BCUT2D eigenvalue weighted by Gasteiger charge is 2.26. The van der Waals surface area contributed by atoms with Crippen LogP contribution in [-0.4, -0.2) is 31.9 Å². The first-order valence-electron chi connectivity index (χ1n) is 10.4. The van der Waals surface area contributed by atoms with Gasteiger partial charge in [0.05, 0.1) is 6.54 Å². The molecule has 0 bridgehead atoms. The van der Waals surface area contributed by atoms with E-state index in [0.717, 1.165) is 34.3 Å². The van der Waals surface area contributed by atoms with E-state index in [4.69, 9.17) is 4.98 Å². The Labute approximate surface area is 180 Å². The molecular formula is C23H27BrN4O. The maximum absolute atomic E-state index is 13.3. The van der Waals surface area contributed by atoms with Crippen LogP contribution in [0.5, 0.6) is 0 Å². The number of pyridine rings is 1. The normalized spacial score (nSPS) is 14.8. The number of aromatic nitrogens is 3. The standard InChI is InChI=1S/C23H27BrN4O/c1-16(2)14-27(23(29)17-9-11-18(24)12-10-17)15-21-26-20-8-5-13-25-22(20)28(21)19-6-3-4-7-19/h5,8-13,16,19H,3-4,6-7,14-15H2,1-2H3. The monoisotopic (exact) mass is 454 g/mol. The number of imidazole rings is 1. The van der Waals surface area contributed by atoms with Gasteiger partial charge in [0.15, 0.2) is 5.65 Å². The minimum absolute atomic E-state index is 0.0455. The van der Waals surface area contributed by atoms with Crippen LogP contribution >= 0.6 is 15.9 Å². The summed E-state index contributed by atoms with van der Waals surface area (Å²) in [6.45, 7) is 5.48. The molecule has 0 radical (unpaired) electrons. The van der Waals surface area contributed by atoms with Gasteiger partial charge in [0.25, 0.3) is 5.91 Å². The Balaban J connectivity index is 1.70.